The summed E-state index contributed by atoms with van der Waals surface area (Å²) in [7, 11) is 2.17. The molecule has 0 atom stereocenters. The standard InChI is InChI=1S/C13H13NSe/c1-14-12-7-3-2-6-11(12)10-13(14)15-8-4-5-9-15/h2-10,15H,1H3. The van der Waals surface area contributed by atoms with Crippen LogP contribution in [0.15, 0.2) is 52.4 Å². The summed E-state index contributed by atoms with van der Waals surface area (Å²) in [5.74, 6) is 0. The van der Waals surface area contributed by atoms with Gasteiger partial charge in [-0.3, -0.25) is 0 Å². The number of hydrogen-bond acceptors (Lipinski definition) is 0. The van der Waals surface area contributed by atoms with Gasteiger partial charge in [0.25, 0.3) is 0 Å². The number of nitrogens with zero attached hydrogens (tertiary/aromatic N) is 1. The molecule has 76 valence electrons. The first kappa shape index (κ1) is 9.02. The molecule has 0 N–H and O–H groups in total. The molecule has 1 aromatic heterocycles. The molecule has 0 radical (unpaired) electrons. The number of hydrogen-bond donors (Lipinski definition) is 0. The minimum atomic E-state index is -1.02. The Balaban J connectivity index is 2.23. The van der Waals surface area contributed by atoms with Crippen molar-refractivity contribution in [2.24, 2.45) is 7.05 Å². The molecule has 15 heavy (non-hydrogen) atoms. The van der Waals surface area contributed by atoms with E-state index >= 15 is 0 Å². The number of allylic oxidation sites excluding steroid dienone is 2. The second-order valence-corrected chi connectivity index (χ2v) is 7.63. The summed E-state index contributed by atoms with van der Waals surface area (Å²) >= 11 is -1.02. The molecule has 0 amide bonds. The quantitative estimate of drug-likeness (QED) is 0.691. The zero-order valence-electron chi connectivity index (χ0n) is 8.59. The first-order chi connectivity index (χ1) is 7.36. The Labute approximate surface area is 93.6 Å². The third kappa shape index (κ3) is 1.38. The Morgan fingerprint density at radius 3 is 2.53 bits per heavy atom. The van der Waals surface area contributed by atoms with Crippen LogP contribution >= 0.6 is 0 Å². The van der Waals surface area contributed by atoms with Crippen LogP contribution in [0.5, 0.6) is 0 Å². The van der Waals surface area contributed by atoms with Gasteiger partial charge >= 0.3 is 93.4 Å². The maximum absolute atomic E-state index is 2.38. The monoisotopic (exact) mass is 263 g/mol. The Bertz CT molecular complexity index is 551. The number of para-hydroxylation sites is 1. The molecule has 0 bridgehead atoms. The number of fused-ring (bicyclic) bond motifs is 1. The van der Waals surface area contributed by atoms with Gasteiger partial charge in [0.05, 0.1) is 0 Å². The second kappa shape index (κ2) is 3.41. The van der Waals surface area contributed by atoms with Crippen molar-refractivity contribution in [3.8, 4) is 0 Å². The summed E-state index contributed by atoms with van der Waals surface area (Å²) < 4.78 is 3.85. The molecular formula is C13H13NSe. The van der Waals surface area contributed by atoms with Crippen LogP contribution < -0.4 is 4.59 Å². The van der Waals surface area contributed by atoms with E-state index in [1.165, 1.54) is 15.5 Å². The SMILES string of the molecule is Cn1c([SeH]2C=CC=C2)cc2ccccc21. The van der Waals surface area contributed by atoms with Gasteiger partial charge in [0.1, 0.15) is 0 Å². The van der Waals surface area contributed by atoms with E-state index in [4.69, 9.17) is 0 Å². The molecule has 2 heteroatoms. The van der Waals surface area contributed by atoms with Gasteiger partial charge in [-0.25, -0.2) is 0 Å². The van der Waals surface area contributed by atoms with E-state index in [0.717, 1.165) is 0 Å². The van der Waals surface area contributed by atoms with Gasteiger partial charge in [-0.15, -0.1) is 0 Å². The van der Waals surface area contributed by atoms with Crippen molar-refractivity contribution in [1.82, 2.24) is 4.57 Å². The van der Waals surface area contributed by atoms with E-state index in [1.807, 2.05) is 0 Å². The van der Waals surface area contributed by atoms with Crippen LogP contribution in [-0.2, 0) is 7.05 Å². The van der Waals surface area contributed by atoms with E-state index < -0.39 is 13.9 Å². The first-order valence-corrected chi connectivity index (χ1v) is 8.14. The van der Waals surface area contributed by atoms with Crippen LogP contribution in [0, 0.1) is 0 Å². The van der Waals surface area contributed by atoms with Crippen molar-refractivity contribution in [1.29, 1.82) is 0 Å². The normalized spacial score (nSPS) is 16.7. The van der Waals surface area contributed by atoms with Crippen molar-refractivity contribution >= 4 is 29.4 Å². The van der Waals surface area contributed by atoms with Crippen molar-refractivity contribution in [2.45, 2.75) is 0 Å². The second-order valence-electron chi connectivity index (χ2n) is 3.71. The third-order valence-electron chi connectivity index (χ3n) is 2.80. The Kier molecular flexibility index (Phi) is 2.05. The van der Waals surface area contributed by atoms with Gasteiger partial charge in [0, 0.05) is 0 Å². The fraction of sp³-hybridized carbons (Fsp3) is 0.0769. The summed E-state index contributed by atoms with van der Waals surface area (Å²) in [4.78, 5) is 4.75. The maximum atomic E-state index is 2.38. The molecule has 2 heterocycles. The van der Waals surface area contributed by atoms with E-state index in [0.29, 0.717) is 0 Å². The Hall–Kier alpha value is -1.24. The summed E-state index contributed by atoms with van der Waals surface area (Å²) in [6, 6.07) is 10.9. The number of aryl methyl sites for hydroxylation is 1. The molecule has 0 saturated heterocycles. The molecule has 0 unspecified atom stereocenters. The molecule has 0 spiro atoms. The topological polar surface area (TPSA) is 4.93 Å². The summed E-state index contributed by atoms with van der Waals surface area (Å²) in [6.07, 6.45) is 4.36. The molecule has 2 aromatic rings. The van der Waals surface area contributed by atoms with E-state index in [9.17, 15) is 0 Å². The van der Waals surface area contributed by atoms with Crippen LogP contribution in [0.2, 0.25) is 0 Å². The summed E-state index contributed by atoms with van der Waals surface area (Å²) in [5.41, 5.74) is 1.34. The Morgan fingerprint density at radius 1 is 1.07 bits per heavy atom. The Morgan fingerprint density at radius 2 is 1.80 bits per heavy atom. The molecule has 1 aliphatic heterocycles. The average molecular weight is 262 g/mol. The third-order valence-corrected chi connectivity index (χ3v) is 6.88. The fourth-order valence-corrected chi connectivity index (χ4v) is 5.61. The summed E-state index contributed by atoms with van der Waals surface area (Å²) in [5, 5.41) is 1.36. The predicted molar refractivity (Wildman–Crippen MR) is 68.0 cm³/mol. The van der Waals surface area contributed by atoms with Crippen molar-refractivity contribution < 1.29 is 0 Å². The first-order valence-electron chi connectivity index (χ1n) is 5.04. The van der Waals surface area contributed by atoms with Gasteiger partial charge in [0.15, 0.2) is 0 Å². The summed E-state index contributed by atoms with van der Waals surface area (Å²) in [6.45, 7) is 0. The van der Waals surface area contributed by atoms with Crippen LogP contribution in [0.4, 0.5) is 0 Å². The zero-order chi connectivity index (χ0) is 10.3. The molecule has 1 aliphatic rings. The van der Waals surface area contributed by atoms with Crippen molar-refractivity contribution in [3.63, 3.8) is 0 Å². The molecule has 3 rings (SSSR count). The van der Waals surface area contributed by atoms with Gasteiger partial charge in [-0.2, -0.15) is 0 Å². The van der Waals surface area contributed by atoms with Crippen LogP contribution in [0.1, 0.15) is 0 Å². The van der Waals surface area contributed by atoms with Crippen LogP contribution in [-0.4, -0.2) is 18.5 Å². The van der Waals surface area contributed by atoms with Gasteiger partial charge < -0.3 is 0 Å². The average Bonchev–Trinajstić information content (AvgIpc) is 2.87. The predicted octanol–water partition coefficient (Wildman–Crippen LogP) is 1.82. The van der Waals surface area contributed by atoms with Crippen LogP contribution in [0.25, 0.3) is 10.9 Å². The number of benzene rings is 1. The molecule has 0 fully saturated rings. The number of aromatic nitrogens is 1. The van der Waals surface area contributed by atoms with Crippen molar-refractivity contribution in [2.75, 3.05) is 0 Å². The van der Waals surface area contributed by atoms with E-state index in [2.05, 4.69) is 64.0 Å². The molecular weight excluding hydrogens is 249 g/mol. The molecule has 0 saturated carbocycles. The molecule has 1 aromatic carbocycles. The van der Waals surface area contributed by atoms with Crippen LogP contribution in [0.3, 0.4) is 0 Å². The van der Waals surface area contributed by atoms with Gasteiger partial charge in [0.2, 0.25) is 0 Å². The zero-order valence-corrected chi connectivity index (χ0v) is 10.5. The van der Waals surface area contributed by atoms with Gasteiger partial charge in [-0.1, -0.05) is 0 Å². The van der Waals surface area contributed by atoms with E-state index in [1.54, 1.807) is 0 Å². The van der Waals surface area contributed by atoms with Gasteiger partial charge in [-0.05, 0) is 0 Å². The molecule has 0 aliphatic carbocycles. The minimum absolute atomic E-state index is 1.02. The van der Waals surface area contributed by atoms with Crippen molar-refractivity contribution in [3.05, 3.63) is 52.4 Å². The fourth-order valence-electron chi connectivity index (χ4n) is 2.01. The molecule has 1 nitrogen and oxygen atoms in total. The number of rotatable bonds is 1. The van der Waals surface area contributed by atoms with E-state index in [-0.39, 0.29) is 0 Å².